The van der Waals surface area contributed by atoms with Crippen molar-refractivity contribution in [1.82, 2.24) is 9.71 Å². The molecule has 4 rings (SSSR count). The second-order valence-corrected chi connectivity index (χ2v) is 7.32. The van der Waals surface area contributed by atoms with Crippen LogP contribution in [0.15, 0.2) is 63.9 Å². The first kappa shape index (κ1) is 16.3. The summed E-state index contributed by atoms with van der Waals surface area (Å²) in [6.07, 6.45) is 1.78. The Morgan fingerprint density at radius 2 is 2.00 bits per heavy atom. The molecule has 126 valence electrons. The lowest BCUT2D eigenvalue weighted by Crippen LogP contribution is -2.29. The average Bonchev–Trinajstić information content (AvgIpc) is 3.16. The fourth-order valence-electron chi connectivity index (χ4n) is 2.25. The van der Waals surface area contributed by atoms with Crippen LogP contribution >= 0.6 is 34.9 Å². The summed E-state index contributed by atoms with van der Waals surface area (Å²) in [4.78, 5) is 9.79. The molecule has 2 aromatic carbocycles. The third-order valence-electron chi connectivity index (χ3n) is 3.40. The summed E-state index contributed by atoms with van der Waals surface area (Å²) in [5.41, 5.74) is 0.865. The van der Waals surface area contributed by atoms with Crippen LogP contribution in [0.3, 0.4) is 0 Å². The molecule has 0 bridgehead atoms. The summed E-state index contributed by atoms with van der Waals surface area (Å²) in [6, 6.07) is 13.3. The molecule has 5 nitrogen and oxygen atoms in total. The molecule has 3 aromatic rings. The molecule has 1 aliphatic rings. The quantitative estimate of drug-likeness (QED) is 0.604. The molecule has 0 spiro atoms. The van der Waals surface area contributed by atoms with E-state index >= 15 is 0 Å². The standard InChI is InChI=1S/C17H13ClN4OS2/c18-11-4-1-2-5-12(11)23-13-6-3-7-14-16(13)21-17(22-25-14)20-10-15-19-8-9-24-15/h1-9H,10H2,(H2,20,21,22). The minimum Gasteiger partial charge on any atom is -0.454 e. The Morgan fingerprint density at radius 1 is 1.12 bits per heavy atom. The van der Waals surface area contributed by atoms with Gasteiger partial charge in [-0.25, -0.2) is 9.98 Å². The number of guanidine groups is 1. The fraction of sp³-hybridized carbons (Fsp3) is 0.0588. The van der Waals surface area contributed by atoms with Gasteiger partial charge in [0.15, 0.2) is 5.75 Å². The largest absolute Gasteiger partial charge is 0.454 e. The number of hydrogen-bond donors (Lipinski definition) is 2. The lowest BCUT2D eigenvalue weighted by Gasteiger charge is -2.23. The van der Waals surface area contributed by atoms with Crippen LogP contribution < -0.4 is 14.8 Å². The SMILES string of the molecule is Clc1ccccc1Oc1cccc2c1NC(=NCc1nccs1)NS2. The normalized spacial score (nSPS) is 14.5. The van der Waals surface area contributed by atoms with Gasteiger partial charge in [0, 0.05) is 11.6 Å². The molecule has 2 N–H and O–H groups in total. The predicted molar refractivity (Wildman–Crippen MR) is 104 cm³/mol. The Morgan fingerprint density at radius 3 is 2.84 bits per heavy atom. The predicted octanol–water partition coefficient (Wildman–Crippen LogP) is 5.17. The number of nitrogens with one attached hydrogen (secondary N) is 2. The lowest BCUT2D eigenvalue weighted by atomic mass is 10.3. The third kappa shape index (κ3) is 3.73. The van der Waals surface area contributed by atoms with Crippen LogP contribution in [0.5, 0.6) is 11.5 Å². The van der Waals surface area contributed by atoms with E-state index in [0.29, 0.717) is 29.0 Å². The van der Waals surface area contributed by atoms with Gasteiger partial charge < -0.3 is 10.1 Å². The third-order valence-corrected chi connectivity index (χ3v) is 5.33. The Labute approximate surface area is 158 Å². The second kappa shape index (κ2) is 7.35. The summed E-state index contributed by atoms with van der Waals surface area (Å²) < 4.78 is 9.20. The summed E-state index contributed by atoms with van der Waals surface area (Å²) in [6.45, 7) is 0.524. The van der Waals surface area contributed by atoms with E-state index in [1.807, 2.05) is 41.8 Å². The van der Waals surface area contributed by atoms with Crippen LogP contribution in [0.2, 0.25) is 5.02 Å². The highest BCUT2D eigenvalue weighted by molar-refractivity contribution is 7.98. The molecular formula is C17H13ClN4OS2. The summed E-state index contributed by atoms with van der Waals surface area (Å²) >= 11 is 9.27. The number of halogens is 1. The van der Waals surface area contributed by atoms with Gasteiger partial charge in [0.2, 0.25) is 5.96 Å². The van der Waals surface area contributed by atoms with Crippen molar-refractivity contribution >= 4 is 46.5 Å². The van der Waals surface area contributed by atoms with Gasteiger partial charge in [-0.1, -0.05) is 29.8 Å². The maximum atomic E-state index is 6.20. The van der Waals surface area contributed by atoms with E-state index in [1.165, 1.54) is 11.9 Å². The van der Waals surface area contributed by atoms with Crippen molar-refractivity contribution in [3.63, 3.8) is 0 Å². The van der Waals surface area contributed by atoms with E-state index in [1.54, 1.807) is 23.6 Å². The summed E-state index contributed by atoms with van der Waals surface area (Å²) in [7, 11) is 0. The number of fused-ring (bicyclic) bond motifs is 1. The number of ether oxygens (including phenoxy) is 1. The molecule has 1 aliphatic heterocycles. The van der Waals surface area contributed by atoms with Crippen molar-refractivity contribution < 1.29 is 4.74 Å². The second-order valence-electron chi connectivity index (χ2n) is 5.08. The molecule has 0 radical (unpaired) electrons. The molecule has 0 amide bonds. The zero-order valence-corrected chi connectivity index (χ0v) is 15.3. The first-order valence-corrected chi connectivity index (χ1v) is 9.55. The van der Waals surface area contributed by atoms with Gasteiger partial charge >= 0.3 is 0 Å². The van der Waals surface area contributed by atoms with Crippen molar-refractivity contribution in [3.8, 4) is 11.5 Å². The molecule has 2 heterocycles. The van der Waals surface area contributed by atoms with Gasteiger partial charge in [-0.3, -0.25) is 4.72 Å². The van der Waals surface area contributed by atoms with Crippen molar-refractivity contribution in [3.05, 3.63) is 64.1 Å². The number of hydrogen-bond acceptors (Lipinski definition) is 5. The topological polar surface area (TPSA) is 58.5 Å². The summed E-state index contributed by atoms with van der Waals surface area (Å²) in [5, 5.41) is 6.77. The molecule has 25 heavy (non-hydrogen) atoms. The molecule has 0 atom stereocenters. The number of anilines is 1. The van der Waals surface area contributed by atoms with Gasteiger partial charge in [-0.15, -0.1) is 11.3 Å². The zero-order chi connectivity index (χ0) is 17.1. The van der Waals surface area contributed by atoms with Gasteiger partial charge in [0.1, 0.15) is 10.8 Å². The van der Waals surface area contributed by atoms with Crippen molar-refractivity contribution in [2.45, 2.75) is 11.4 Å². The Hall–Kier alpha value is -2.22. The number of benzene rings is 2. The maximum absolute atomic E-state index is 6.20. The van der Waals surface area contributed by atoms with E-state index in [9.17, 15) is 0 Å². The number of aliphatic imine (C=N–C) groups is 1. The molecule has 0 unspecified atom stereocenters. The first-order chi connectivity index (χ1) is 12.3. The number of para-hydroxylation sites is 2. The average molecular weight is 389 g/mol. The fourth-order valence-corrected chi connectivity index (χ4v) is 3.68. The minimum atomic E-state index is 0.524. The van der Waals surface area contributed by atoms with Gasteiger partial charge in [-0.05, 0) is 36.2 Å². The Bertz CT molecular complexity index is 915. The zero-order valence-electron chi connectivity index (χ0n) is 12.9. The van der Waals surface area contributed by atoms with E-state index < -0.39 is 0 Å². The van der Waals surface area contributed by atoms with Crippen LogP contribution in [-0.4, -0.2) is 10.9 Å². The van der Waals surface area contributed by atoms with E-state index in [4.69, 9.17) is 16.3 Å². The first-order valence-electron chi connectivity index (χ1n) is 7.48. The van der Waals surface area contributed by atoms with E-state index in [2.05, 4.69) is 20.0 Å². The Balaban J connectivity index is 1.58. The highest BCUT2D eigenvalue weighted by Crippen LogP contribution is 2.40. The van der Waals surface area contributed by atoms with Crippen LogP contribution in [0.4, 0.5) is 5.69 Å². The minimum absolute atomic E-state index is 0.524. The van der Waals surface area contributed by atoms with Crippen molar-refractivity contribution in [2.24, 2.45) is 4.99 Å². The van der Waals surface area contributed by atoms with Crippen LogP contribution in [0.25, 0.3) is 0 Å². The van der Waals surface area contributed by atoms with Gasteiger partial charge in [0.25, 0.3) is 0 Å². The molecule has 0 aliphatic carbocycles. The van der Waals surface area contributed by atoms with E-state index in [0.717, 1.165) is 15.6 Å². The van der Waals surface area contributed by atoms with Crippen LogP contribution in [-0.2, 0) is 6.54 Å². The molecule has 1 aromatic heterocycles. The van der Waals surface area contributed by atoms with Crippen LogP contribution in [0.1, 0.15) is 5.01 Å². The van der Waals surface area contributed by atoms with Gasteiger partial charge in [-0.2, -0.15) is 0 Å². The number of aromatic nitrogens is 1. The monoisotopic (exact) mass is 388 g/mol. The summed E-state index contributed by atoms with van der Waals surface area (Å²) in [5.74, 6) is 1.98. The molecule has 0 saturated carbocycles. The van der Waals surface area contributed by atoms with Crippen LogP contribution in [0, 0.1) is 0 Å². The number of thiazole rings is 1. The van der Waals surface area contributed by atoms with Crippen molar-refractivity contribution in [2.75, 3.05) is 5.32 Å². The molecule has 0 saturated heterocycles. The highest BCUT2D eigenvalue weighted by atomic mass is 35.5. The molecular weight excluding hydrogens is 376 g/mol. The van der Waals surface area contributed by atoms with Gasteiger partial charge in [0.05, 0.1) is 22.2 Å². The lowest BCUT2D eigenvalue weighted by molar-refractivity contribution is 0.484. The maximum Gasteiger partial charge on any atom is 0.206 e. The number of nitrogens with zero attached hydrogens (tertiary/aromatic N) is 2. The van der Waals surface area contributed by atoms with Crippen molar-refractivity contribution in [1.29, 1.82) is 0 Å². The molecule has 8 heteroatoms. The number of rotatable bonds is 4. The molecule has 0 fully saturated rings. The van der Waals surface area contributed by atoms with E-state index in [-0.39, 0.29) is 0 Å². The smallest absolute Gasteiger partial charge is 0.206 e. The Kier molecular flexibility index (Phi) is 4.78. The highest BCUT2D eigenvalue weighted by Gasteiger charge is 2.19.